The molecule has 0 bridgehead atoms. The van der Waals surface area contributed by atoms with Gasteiger partial charge in [0.25, 0.3) is 0 Å². The molecule has 2 rings (SSSR count). The highest BCUT2D eigenvalue weighted by Gasteiger charge is 2.32. The Morgan fingerprint density at radius 2 is 0.966 bits per heavy atom. The standard InChI is InChI=1S/C22H30O7/c1-13-7-5-8-14(2)19(13)27-21(17(25)11-23)29-22(18(26)12-24)28-20-15(3)9-6-10-16(20)4/h5-10,17-18,21-26H,11-12H2,1-4H3. The second kappa shape index (κ2) is 10.6. The summed E-state index contributed by atoms with van der Waals surface area (Å²) >= 11 is 0. The molecule has 0 aliphatic rings. The third kappa shape index (κ3) is 5.91. The molecule has 2 aromatic carbocycles. The summed E-state index contributed by atoms with van der Waals surface area (Å²) in [5.74, 6) is 0.989. The van der Waals surface area contributed by atoms with Crippen molar-refractivity contribution in [2.24, 2.45) is 0 Å². The highest BCUT2D eigenvalue weighted by molar-refractivity contribution is 5.40. The van der Waals surface area contributed by atoms with Gasteiger partial charge in [-0.25, -0.2) is 0 Å². The van der Waals surface area contributed by atoms with Crippen LogP contribution in [0.25, 0.3) is 0 Å². The lowest BCUT2D eigenvalue weighted by atomic mass is 10.1. The van der Waals surface area contributed by atoms with Crippen molar-refractivity contribution in [3.63, 3.8) is 0 Å². The Balaban J connectivity index is 2.31. The van der Waals surface area contributed by atoms with E-state index >= 15 is 0 Å². The molecule has 29 heavy (non-hydrogen) atoms. The first-order chi connectivity index (χ1) is 13.8. The van der Waals surface area contributed by atoms with Gasteiger partial charge < -0.3 is 29.9 Å². The normalized spacial score (nSPS) is 15.4. The molecule has 7 heteroatoms. The van der Waals surface area contributed by atoms with Crippen LogP contribution in [0.3, 0.4) is 0 Å². The number of hydrogen-bond acceptors (Lipinski definition) is 7. The summed E-state index contributed by atoms with van der Waals surface area (Å²) < 4.78 is 17.4. The highest BCUT2D eigenvalue weighted by Crippen LogP contribution is 2.28. The van der Waals surface area contributed by atoms with Gasteiger partial charge in [-0.15, -0.1) is 0 Å². The second-order valence-electron chi connectivity index (χ2n) is 7.05. The van der Waals surface area contributed by atoms with Gasteiger partial charge in [0.1, 0.15) is 23.7 Å². The maximum absolute atomic E-state index is 10.2. The van der Waals surface area contributed by atoms with E-state index in [0.717, 1.165) is 22.3 Å². The Morgan fingerprint density at radius 3 is 1.24 bits per heavy atom. The Hall–Kier alpha value is -2.16. The molecule has 0 aliphatic heterocycles. The number of aliphatic hydroxyl groups is 4. The van der Waals surface area contributed by atoms with E-state index < -0.39 is 38.0 Å². The summed E-state index contributed by atoms with van der Waals surface area (Å²) in [5, 5.41) is 39.4. The Kier molecular flexibility index (Phi) is 8.43. The van der Waals surface area contributed by atoms with Crippen LogP contribution < -0.4 is 9.47 Å². The maximum atomic E-state index is 10.2. The van der Waals surface area contributed by atoms with E-state index in [1.807, 2.05) is 64.1 Å². The van der Waals surface area contributed by atoms with Gasteiger partial charge in [-0.2, -0.15) is 0 Å². The molecule has 7 nitrogen and oxygen atoms in total. The molecule has 4 N–H and O–H groups in total. The lowest BCUT2D eigenvalue weighted by molar-refractivity contribution is -0.253. The average molecular weight is 406 g/mol. The number of ether oxygens (including phenoxy) is 3. The van der Waals surface area contributed by atoms with E-state index in [-0.39, 0.29) is 0 Å². The third-order valence-electron chi connectivity index (χ3n) is 4.56. The van der Waals surface area contributed by atoms with Gasteiger partial charge in [-0.1, -0.05) is 36.4 Å². The summed E-state index contributed by atoms with van der Waals surface area (Å²) in [6.45, 7) is 6.13. The molecular weight excluding hydrogens is 376 g/mol. The monoisotopic (exact) mass is 406 g/mol. The summed E-state index contributed by atoms with van der Waals surface area (Å²) in [6, 6.07) is 11.1. The van der Waals surface area contributed by atoms with Gasteiger partial charge in [0.2, 0.25) is 12.6 Å². The van der Waals surface area contributed by atoms with Crippen molar-refractivity contribution in [1.82, 2.24) is 0 Å². The summed E-state index contributed by atoms with van der Waals surface area (Å²) in [6.07, 6.45) is -5.47. The van der Waals surface area contributed by atoms with Crippen molar-refractivity contribution < 1.29 is 34.6 Å². The van der Waals surface area contributed by atoms with Crippen LogP contribution in [0.1, 0.15) is 22.3 Å². The van der Waals surface area contributed by atoms with Crippen LogP contribution in [-0.2, 0) is 4.74 Å². The van der Waals surface area contributed by atoms with E-state index in [4.69, 9.17) is 14.2 Å². The van der Waals surface area contributed by atoms with E-state index in [2.05, 4.69) is 0 Å². The van der Waals surface area contributed by atoms with E-state index in [0.29, 0.717) is 11.5 Å². The topological polar surface area (TPSA) is 109 Å². The van der Waals surface area contributed by atoms with Crippen LogP contribution >= 0.6 is 0 Å². The van der Waals surface area contributed by atoms with Crippen LogP contribution in [0.5, 0.6) is 11.5 Å². The summed E-state index contributed by atoms with van der Waals surface area (Å²) in [5.41, 5.74) is 3.27. The SMILES string of the molecule is Cc1cccc(C)c1OC(OC(Oc1c(C)cccc1C)C(O)CO)C(O)CO. The van der Waals surface area contributed by atoms with E-state index in [1.54, 1.807) is 0 Å². The molecule has 0 aromatic heterocycles. The molecule has 0 saturated carbocycles. The lowest BCUT2D eigenvalue weighted by Crippen LogP contribution is -2.46. The third-order valence-corrected chi connectivity index (χ3v) is 4.56. The maximum Gasteiger partial charge on any atom is 0.231 e. The highest BCUT2D eigenvalue weighted by atomic mass is 16.8. The molecule has 2 aromatic rings. The molecule has 0 spiro atoms. The minimum atomic E-state index is -1.40. The fraction of sp³-hybridized carbons (Fsp3) is 0.455. The Labute approximate surface area is 171 Å². The predicted octanol–water partition coefficient (Wildman–Crippen LogP) is 1.75. The van der Waals surface area contributed by atoms with Gasteiger partial charge >= 0.3 is 0 Å². The van der Waals surface area contributed by atoms with Gasteiger partial charge in [-0.3, -0.25) is 4.74 Å². The first-order valence-corrected chi connectivity index (χ1v) is 9.47. The van der Waals surface area contributed by atoms with Crippen molar-refractivity contribution >= 4 is 0 Å². The van der Waals surface area contributed by atoms with E-state index in [1.165, 1.54) is 0 Å². The zero-order valence-corrected chi connectivity index (χ0v) is 17.2. The number of aliphatic hydroxyl groups excluding tert-OH is 4. The molecule has 0 amide bonds. The minimum absolute atomic E-state index is 0.495. The van der Waals surface area contributed by atoms with Gasteiger partial charge in [-0.05, 0) is 49.9 Å². The van der Waals surface area contributed by atoms with Gasteiger partial charge in [0, 0.05) is 0 Å². The zero-order valence-electron chi connectivity index (χ0n) is 17.2. The van der Waals surface area contributed by atoms with Crippen LogP contribution in [0.2, 0.25) is 0 Å². The number of hydrogen-bond donors (Lipinski definition) is 4. The minimum Gasteiger partial charge on any atom is -0.461 e. The fourth-order valence-corrected chi connectivity index (χ4v) is 2.90. The first kappa shape index (κ1) is 23.1. The molecule has 0 aliphatic carbocycles. The van der Waals surface area contributed by atoms with Gasteiger partial charge in [0.05, 0.1) is 13.2 Å². The Bertz CT molecular complexity index is 687. The van der Waals surface area contributed by atoms with Crippen molar-refractivity contribution in [2.45, 2.75) is 52.5 Å². The molecule has 160 valence electrons. The quantitative estimate of drug-likeness (QED) is 0.445. The predicted molar refractivity (Wildman–Crippen MR) is 108 cm³/mol. The number of aryl methyl sites for hydroxylation is 4. The van der Waals surface area contributed by atoms with E-state index in [9.17, 15) is 20.4 Å². The second-order valence-corrected chi connectivity index (χ2v) is 7.05. The van der Waals surface area contributed by atoms with Crippen molar-refractivity contribution in [2.75, 3.05) is 13.2 Å². The fourth-order valence-electron chi connectivity index (χ4n) is 2.90. The molecule has 4 atom stereocenters. The molecule has 0 heterocycles. The van der Waals surface area contributed by atoms with Crippen LogP contribution in [0.4, 0.5) is 0 Å². The molecule has 0 radical (unpaired) electrons. The number of benzene rings is 2. The van der Waals surface area contributed by atoms with Crippen LogP contribution in [-0.4, -0.2) is 58.4 Å². The van der Waals surface area contributed by atoms with Crippen molar-refractivity contribution in [3.8, 4) is 11.5 Å². The molecule has 0 saturated heterocycles. The lowest BCUT2D eigenvalue weighted by Gasteiger charge is -2.31. The summed E-state index contributed by atoms with van der Waals surface area (Å²) in [4.78, 5) is 0. The molecule has 4 unspecified atom stereocenters. The molecular formula is C22H30O7. The summed E-state index contributed by atoms with van der Waals surface area (Å²) in [7, 11) is 0. The van der Waals surface area contributed by atoms with Gasteiger partial charge in [0.15, 0.2) is 0 Å². The van der Waals surface area contributed by atoms with Crippen molar-refractivity contribution in [1.29, 1.82) is 0 Å². The van der Waals surface area contributed by atoms with Crippen LogP contribution in [0, 0.1) is 27.7 Å². The zero-order chi connectivity index (χ0) is 21.6. The molecule has 0 fully saturated rings. The van der Waals surface area contributed by atoms with Crippen LogP contribution in [0.15, 0.2) is 36.4 Å². The number of rotatable bonds is 10. The Morgan fingerprint density at radius 1 is 0.655 bits per heavy atom. The smallest absolute Gasteiger partial charge is 0.231 e. The number of para-hydroxylation sites is 2. The average Bonchev–Trinajstić information content (AvgIpc) is 2.70. The largest absolute Gasteiger partial charge is 0.461 e. The first-order valence-electron chi connectivity index (χ1n) is 9.47. The van der Waals surface area contributed by atoms with Crippen molar-refractivity contribution in [3.05, 3.63) is 58.7 Å².